The number of carbonyl (C=O) groups excluding carboxylic acids is 1. The van der Waals surface area contributed by atoms with Crippen LogP contribution in [-0.4, -0.2) is 39.2 Å². The van der Waals surface area contributed by atoms with Crippen LogP contribution in [0.2, 0.25) is 0 Å². The number of nitrogens with one attached hydrogen (secondary N) is 1. The Morgan fingerprint density at radius 1 is 1.08 bits per heavy atom. The Balaban J connectivity index is 1.26. The lowest BCUT2D eigenvalue weighted by molar-refractivity contribution is -0.175. The van der Waals surface area contributed by atoms with Gasteiger partial charge in [0.15, 0.2) is 11.6 Å². The highest BCUT2D eigenvalue weighted by Crippen LogP contribution is 2.51. The zero-order valence-corrected chi connectivity index (χ0v) is 19.9. The van der Waals surface area contributed by atoms with Gasteiger partial charge in [-0.15, -0.1) is 0 Å². The number of hydrogen-bond acceptors (Lipinski definition) is 6. The number of alkyl halides is 3. The van der Waals surface area contributed by atoms with Gasteiger partial charge in [-0.05, 0) is 43.4 Å². The van der Waals surface area contributed by atoms with Gasteiger partial charge in [0.05, 0.1) is 36.2 Å². The normalized spacial score (nSPS) is 23.1. The third-order valence-corrected chi connectivity index (χ3v) is 7.27. The number of hydrogen-bond donors (Lipinski definition) is 2. The third-order valence-electron chi connectivity index (χ3n) is 7.27. The number of benzene rings is 1. The summed E-state index contributed by atoms with van der Waals surface area (Å²) in [6.45, 7) is 1.73. The van der Waals surface area contributed by atoms with Gasteiger partial charge in [0.25, 0.3) is 5.91 Å². The molecule has 1 aliphatic carbocycles. The third kappa shape index (κ3) is 4.83. The molecule has 1 aromatic carbocycles. The van der Waals surface area contributed by atoms with Crippen LogP contribution in [-0.2, 0) is 21.1 Å². The molecule has 194 valence electrons. The van der Waals surface area contributed by atoms with Gasteiger partial charge in [0.2, 0.25) is 5.76 Å². The van der Waals surface area contributed by atoms with Gasteiger partial charge >= 0.3 is 12.1 Å². The number of oxazole rings is 1. The van der Waals surface area contributed by atoms with Gasteiger partial charge in [0.1, 0.15) is 0 Å². The monoisotopic (exact) mass is 515 g/mol. The van der Waals surface area contributed by atoms with E-state index in [-0.39, 0.29) is 23.4 Å². The predicted octanol–water partition coefficient (Wildman–Crippen LogP) is 5.37. The Labute approximate surface area is 209 Å². The highest BCUT2D eigenvalue weighted by Gasteiger charge is 2.51. The number of halogens is 3. The van der Waals surface area contributed by atoms with Crippen molar-refractivity contribution in [1.29, 1.82) is 0 Å². The van der Waals surface area contributed by atoms with E-state index in [9.17, 15) is 27.9 Å². The topological polar surface area (TPSA) is 115 Å². The molecular formula is C26H24F3N3O5. The Morgan fingerprint density at radius 3 is 2.32 bits per heavy atom. The molecule has 1 saturated carbocycles. The van der Waals surface area contributed by atoms with Crippen LogP contribution in [0.25, 0.3) is 11.3 Å². The molecule has 0 unspecified atom stereocenters. The van der Waals surface area contributed by atoms with Crippen molar-refractivity contribution < 1.29 is 37.0 Å². The lowest BCUT2D eigenvalue weighted by Gasteiger charge is -2.53. The molecule has 4 heterocycles. The summed E-state index contributed by atoms with van der Waals surface area (Å²) in [5, 5.41) is 11.6. The number of carbonyl (C=O) groups is 2. The molecule has 2 bridgehead atoms. The Hall–Kier alpha value is -3.73. The molecule has 0 radical (unpaired) electrons. The number of nitrogens with zero attached hydrogens (tertiary/aromatic N) is 2. The number of carboxylic acid groups (broad SMARTS) is 1. The second-order valence-electron chi connectivity index (χ2n) is 9.69. The molecule has 0 spiro atoms. The average Bonchev–Trinajstić information content (AvgIpc) is 3.28. The molecule has 3 aromatic rings. The molecule has 3 fully saturated rings. The van der Waals surface area contributed by atoms with Crippen LogP contribution >= 0.6 is 0 Å². The fourth-order valence-electron chi connectivity index (χ4n) is 5.24. The molecule has 1 amide bonds. The molecule has 0 atom stereocenters. The summed E-state index contributed by atoms with van der Waals surface area (Å²) in [4.78, 5) is 31.5. The predicted molar refractivity (Wildman–Crippen MR) is 125 cm³/mol. The number of fused-ring (bicyclic) bond motifs is 3. The Morgan fingerprint density at radius 2 is 1.78 bits per heavy atom. The molecule has 3 aliphatic rings. The van der Waals surface area contributed by atoms with Crippen LogP contribution in [0.1, 0.15) is 59.8 Å². The van der Waals surface area contributed by atoms with Crippen LogP contribution in [0.3, 0.4) is 0 Å². The maximum atomic E-state index is 13.1. The van der Waals surface area contributed by atoms with Gasteiger partial charge in [0, 0.05) is 17.9 Å². The van der Waals surface area contributed by atoms with Crippen LogP contribution in [0, 0.1) is 6.92 Å². The summed E-state index contributed by atoms with van der Waals surface area (Å²) >= 11 is 0. The minimum absolute atomic E-state index is 0.0336. The first-order chi connectivity index (χ1) is 17.5. The maximum Gasteiger partial charge on any atom is 0.452 e. The minimum atomic E-state index is -4.84. The fraction of sp³-hybridized carbons (Fsp3) is 0.385. The largest absolute Gasteiger partial charge is 0.481 e. The van der Waals surface area contributed by atoms with Crippen molar-refractivity contribution in [2.45, 2.75) is 56.2 Å². The molecule has 2 aromatic heterocycles. The van der Waals surface area contributed by atoms with Crippen molar-refractivity contribution in [3.63, 3.8) is 0 Å². The molecule has 11 heteroatoms. The van der Waals surface area contributed by atoms with Crippen molar-refractivity contribution in [3.05, 3.63) is 65.5 Å². The van der Waals surface area contributed by atoms with E-state index >= 15 is 0 Å². The number of anilines is 1. The average molecular weight is 515 g/mol. The van der Waals surface area contributed by atoms with Crippen molar-refractivity contribution >= 4 is 17.6 Å². The summed E-state index contributed by atoms with van der Waals surface area (Å²) in [7, 11) is 0. The summed E-state index contributed by atoms with van der Waals surface area (Å²) in [6.07, 6.45) is -0.280. The van der Waals surface area contributed by atoms with Gasteiger partial charge in [-0.3, -0.25) is 14.6 Å². The van der Waals surface area contributed by atoms with E-state index < -0.39 is 35.1 Å². The minimum Gasteiger partial charge on any atom is -0.481 e. The van der Waals surface area contributed by atoms with Gasteiger partial charge in [-0.1, -0.05) is 24.3 Å². The van der Waals surface area contributed by atoms with Gasteiger partial charge in [-0.25, -0.2) is 4.98 Å². The quantitative estimate of drug-likeness (QED) is 0.454. The van der Waals surface area contributed by atoms with Crippen molar-refractivity contribution in [1.82, 2.24) is 9.97 Å². The first-order valence-corrected chi connectivity index (χ1v) is 11.8. The van der Waals surface area contributed by atoms with Crippen molar-refractivity contribution in [2.75, 3.05) is 11.9 Å². The van der Waals surface area contributed by atoms with E-state index in [1.165, 1.54) is 13.1 Å². The lowest BCUT2D eigenvalue weighted by atomic mass is 9.62. The standard InChI is InChI=1S/C26H24F3N3O5/c1-15-31-21(22(37-15)26(27,28)29)23(35)32-18-6-7-19(30-13-18)16-2-4-17(5-3-16)24-8-10-25(11-9-24,36-14-24)12-20(33)34/h2-7,13H,8-12,14H2,1H3,(H,32,35)(H,33,34). The van der Waals surface area contributed by atoms with Crippen molar-refractivity contribution in [3.8, 4) is 11.3 Å². The summed E-state index contributed by atoms with van der Waals surface area (Å²) < 4.78 is 49.9. The number of rotatable bonds is 6. The van der Waals surface area contributed by atoms with Gasteiger partial charge < -0.3 is 19.6 Å². The van der Waals surface area contributed by atoms with Crippen LogP contribution in [0.4, 0.5) is 18.9 Å². The van der Waals surface area contributed by atoms with Crippen molar-refractivity contribution in [2.24, 2.45) is 0 Å². The van der Waals surface area contributed by atoms with E-state index in [0.29, 0.717) is 25.1 Å². The SMILES string of the molecule is Cc1nc(C(=O)Nc2ccc(-c3ccc(C45CCC(CC(=O)O)(CC4)OC5)cc3)nc2)c(C(F)(F)F)o1. The molecular weight excluding hydrogens is 491 g/mol. The zero-order chi connectivity index (χ0) is 26.4. The van der Waals surface area contributed by atoms with E-state index in [2.05, 4.69) is 19.7 Å². The fourth-order valence-corrected chi connectivity index (χ4v) is 5.24. The van der Waals surface area contributed by atoms with E-state index in [4.69, 9.17) is 4.74 Å². The first-order valence-electron chi connectivity index (χ1n) is 11.8. The number of aryl methyl sites for hydroxylation is 1. The maximum absolute atomic E-state index is 13.1. The summed E-state index contributed by atoms with van der Waals surface area (Å²) in [5.74, 6) is -3.59. The summed E-state index contributed by atoms with van der Waals surface area (Å²) in [6, 6.07) is 11.1. The number of carboxylic acids is 1. The number of pyridine rings is 1. The Kier molecular flexibility index (Phi) is 6.06. The summed E-state index contributed by atoms with van der Waals surface area (Å²) in [5.41, 5.74) is 1.29. The van der Waals surface area contributed by atoms with E-state index in [0.717, 1.165) is 24.0 Å². The Bertz CT molecular complexity index is 1310. The van der Waals surface area contributed by atoms with Gasteiger partial charge in [-0.2, -0.15) is 13.2 Å². The first kappa shape index (κ1) is 24.9. The molecule has 2 saturated heterocycles. The zero-order valence-electron chi connectivity index (χ0n) is 19.9. The molecule has 2 aliphatic heterocycles. The molecule has 6 rings (SSSR count). The second kappa shape index (κ2) is 8.98. The number of amides is 1. The molecule has 8 nitrogen and oxygen atoms in total. The highest BCUT2D eigenvalue weighted by molar-refractivity contribution is 6.03. The highest BCUT2D eigenvalue weighted by atomic mass is 19.4. The molecule has 2 N–H and O–H groups in total. The second-order valence-corrected chi connectivity index (χ2v) is 9.69. The van der Waals surface area contributed by atoms with Crippen LogP contribution in [0.5, 0.6) is 0 Å². The number of aromatic nitrogens is 2. The van der Waals surface area contributed by atoms with Crippen LogP contribution in [0.15, 0.2) is 47.0 Å². The van der Waals surface area contributed by atoms with E-state index in [1.807, 2.05) is 24.3 Å². The number of aliphatic carboxylic acids is 1. The van der Waals surface area contributed by atoms with Crippen LogP contribution < -0.4 is 5.32 Å². The lowest BCUT2D eigenvalue weighted by Crippen LogP contribution is -2.54. The molecule has 37 heavy (non-hydrogen) atoms. The van der Waals surface area contributed by atoms with E-state index in [1.54, 1.807) is 12.1 Å². The number of ether oxygens (including phenoxy) is 1. The smallest absolute Gasteiger partial charge is 0.452 e.